The van der Waals surface area contributed by atoms with Crippen molar-refractivity contribution in [1.82, 2.24) is 9.80 Å². The summed E-state index contributed by atoms with van der Waals surface area (Å²) in [5.41, 5.74) is 0.386. The predicted molar refractivity (Wildman–Crippen MR) is 126 cm³/mol. The van der Waals surface area contributed by atoms with Crippen LogP contribution in [-0.4, -0.2) is 40.6 Å². The number of halogens is 1. The maximum atomic E-state index is 13.4. The van der Waals surface area contributed by atoms with Crippen LogP contribution in [0.4, 0.5) is 0 Å². The van der Waals surface area contributed by atoms with Crippen LogP contribution in [0.3, 0.4) is 0 Å². The van der Waals surface area contributed by atoms with E-state index < -0.39 is 5.41 Å². The maximum Gasteiger partial charge on any atom is 0.242 e. The molecule has 1 heterocycles. The molecule has 1 aromatic heterocycles. The fourth-order valence-corrected chi connectivity index (χ4v) is 4.16. The molecular weight excluding hydrogens is 416 g/mol. The highest BCUT2D eigenvalue weighted by molar-refractivity contribution is 7.11. The fourth-order valence-electron chi connectivity index (χ4n) is 3.14. The molecule has 0 unspecified atom stereocenters. The highest BCUT2D eigenvalue weighted by atomic mass is 35.5. The zero-order chi connectivity index (χ0) is 22.1. The molecule has 0 atom stereocenters. The maximum absolute atomic E-state index is 13.4. The molecule has 0 aliphatic heterocycles. The van der Waals surface area contributed by atoms with Gasteiger partial charge in [0.2, 0.25) is 11.8 Å². The van der Waals surface area contributed by atoms with Crippen molar-refractivity contribution >= 4 is 34.8 Å². The van der Waals surface area contributed by atoms with E-state index >= 15 is 0 Å². The second-order valence-electron chi connectivity index (χ2n) is 8.35. The number of hydrogen-bond acceptors (Lipinski definition) is 3. The van der Waals surface area contributed by atoms with Crippen molar-refractivity contribution in [2.45, 2.75) is 53.6 Å². The minimum Gasteiger partial charge on any atom is -0.333 e. The summed E-state index contributed by atoms with van der Waals surface area (Å²) in [6.45, 7) is 9.53. The van der Waals surface area contributed by atoms with Crippen LogP contribution >= 0.6 is 22.9 Å². The number of benzene rings is 1. The van der Waals surface area contributed by atoms with E-state index in [1.54, 1.807) is 16.2 Å². The molecule has 0 bridgehead atoms. The first kappa shape index (κ1) is 24.4. The van der Waals surface area contributed by atoms with Crippen LogP contribution in [-0.2, 0) is 22.7 Å². The monoisotopic (exact) mass is 448 g/mol. The quantitative estimate of drug-likeness (QED) is 0.427. The van der Waals surface area contributed by atoms with Gasteiger partial charge in [-0.15, -0.1) is 22.9 Å². The van der Waals surface area contributed by atoms with Gasteiger partial charge in [-0.25, -0.2) is 0 Å². The Hall–Kier alpha value is -1.85. The summed E-state index contributed by atoms with van der Waals surface area (Å²) in [6, 6.07) is 14.1. The van der Waals surface area contributed by atoms with Gasteiger partial charge < -0.3 is 9.80 Å². The van der Waals surface area contributed by atoms with E-state index in [2.05, 4.69) is 26.0 Å². The summed E-state index contributed by atoms with van der Waals surface area (Å²) in [5, 5.41) is 0. The fraction of sp³-hybridized carbons (Fsp3) is 0.500. The topological polar surface area (TPSA) is 40.6 Å². The molecule has 0 N–H and O–H groups in total. The van der Waals surface area contributed by atoms with Crippen LogP contribution < -0.4 is 0 Å². The van der Waals surface area contributed by atoms with Crippen LogP contribution in [0.2, 0.25) is 0 Å². The summed E-state index contributed by atoms with van der Waals surface area (Å²) in [7, 11) is 0. The summed E-state index contributed by atoms with van der Waals surface area (Å²) in [6.07, 6.45) is 1.82. The number of alkyl halides is 1. The van der Waals surface area contributed by atoms with Crippen molar-refractivity contribution in [1.29, 1.82) is 0 Å². The lowest BCUT2D eigenvalue weighted by atomic mass is 9.94. The molecule has 0 fully saturated rings. The molecule has 0 radical (unpaired) electrons. The van der Waals surface area contributed by atoms with Crippen molar-refractivity contribution in [3.8, 4) is 0 Å². The molecule has 2 aromatic rings. The molecule has 1 aromatic carbocycles. The molecule has 4 nitrogen and oxygen atoms in total. The number of rotatable bonds is 11. The Labute approximate surface area is 189 Å². The Kier molecular flexibility index (Phi) is 9.37. The SMILES string of the molecule is CCCCN(CC(=O)N(Cc1ccccc1)Cc1ccc(C)s1)C(=O)C(C)(C)CCl. The minimum atomic E-state index is -0.690. The number of hydrogen-bond donors (Lipinski definition) is 0. The number of amides is 2. The highest BCUT2D eigenvalue weighted by Gasteiger charge is 2.32. The molecule has 0 aliphatic carbocycles. The Morgan fingerprint density at radius 1 is 1.03 bits per heavy atom. The molecule has 30 heavy (non-hydrogen) atoms. The van der Waals surface area contributed by atoms with Gasteiger partial charge in [0, 0.05) is 28.7 Å². The lowest BCUT2D eigenvalue weighted by molar-refractivity contribution is -0.146. The zero-order valence-corrected chi connectivity index (χ0v) is 20.1. The number of carbonyl (C=O) groups is 2. The van der Waals surface area contributed by atoms with Crippen molar-refractivity contribution in [3.05, 3.63) is 57.8 Å². The third-order valence-corrected chi connectivity index (χ3v) is 6.67. The Bertz CT molecular complexity index is 820. The van der Waals surface area contributed by atoms with E-state index in [1.165, 1.54) is 4.88 Å². The molecule has 2 rings (SSSR count). The van der Waals surface area contributed by atoms with Crippen molar-refractivity contribution in [2.75, 3.05) is 19.0 Å². The van der Waals surface area contributed by atoms with Crippen molar-refractivity contribution < 1.29 is 9.59 Å². The van der Waals surface area contributed by atoms with Gasteiger partial charge in [0.1, 0.15) is 0 Å². The van der Waals surface area contributed by atoms with E-state index in [1.807, 2.05) is 49.1 Å². The Morgan fingerprint density at radius 3 is 2.30 bits per heavy atom. The minimum absolute atomic E-state index is 0.0419. The van der Waals surface area contributed by atoms with Gasteiger partial charge in [-0.1, -0.05) is 43.7 Å². The summed E-state index contributed by atoms with van der Waals surface area (Å²) >= 11 is 7.74. The van der Waals surface area contributed by atoms with Crippen LogP contribution in [0, 0.1) is 12.3 Å². The smallest absolute Gasteiger partial charge is 0.242 e. The first-order chi connectivity index (χ1) is 14.3. The molecule has 0 saturated heterocycles. The molecule has 164 valence electrons. The lowest BCUT2D eigenvalue weighted by Gasteiger charge is -2.32. The van der Waals surface area contributed by atoms with E-state index in [4.69, 9.17) is 11.6 Å². The van der Waals surface area contributed by atoms with Gasteiger partial charge in [0.25, 0.3) is 0 Å². The van der Waals surface area contributed by atoms with Crippen LogP contribution in [0.25, 0.3) is 0 Å². The predicted octanol–water partition coefficient (Wildman–Crippen LogP) is 5.48. The molecule has 2 amide bonds. The van der Waals surface area contributed by atoms with Crippen molar-refractivity contribution in [3.63, 3.8) is 0 Å². The standard InChI is InChI=1S/C24H33ClN2O2S/c1-5-6-14-26(23(29)24(3,4)18-25)17-22(28)27(15-20-10-8-7-9-11-20)16-21-13-12-19(2)30-21/h7-13H,5-6,14-18H2,1-4H3. The second kappa shape index (κ2) is 11.5. The van der Waals surface area contributed by atoms with Crippen LogP contribution in [0.1, 0.15) is 48.9 Å². The molecular formula is C24H33ClN2O2S. The number of aryl methyl sites for hydroxylation is 1. The number of carbonyl (C=O) groups excluding carboxylic acids is 2. The molecule has 6 heteroatoms. The number of unbranched alkanes of at least 4 members (excludes halogenated alkanes) is 1. The molecule has 0 spiro atoms. The second-order valence-corrected chi connectivity index (χ2v) is 9.99. The summed E-state index contributed by atoms with van der Waals surface area (Å²) in [4.78, 5) is 32.3. The Balaban J connectivity index is 2.21. The zero-order valence-electron chi connectivity index (χ0n) is 18.5. The first-order valence-electron chi connectivity index (χ1n) is 10.5. The van der Waals surface area contributed by atoms with Gasteiger partial charge in [-0.05, 0) is 44.9 Å². The van der Waals surface area contributed by atoms with E-state index in [0.29, 0.717) is 19.6 Å². The normalized spacial score (nSPS) is 11.4. The largest absolute Gasteiger partial charge is 0.333 e. The van der Waals surface area contributed by atoms with E-state index in [0.717, 1.165) is 23.3 Å². The van der Waals surface area contributed by atoms with Gasteiger partial charge in [0.15, 0.2) is 0 Å². The van der Waals surface area contributed by atoms with Gasteiger partial charge in [-0.2, -0.15) is 0 Å². The first-order valence-corrected chi connectivity index (χ1v) is 11.8. The average molecular weight is 449 g/mol. The third-order valence-electron chi connectivity index (χ3n) is 5.02. The molecule has 0 aliphatic rings. The lowest BCUT2D eigenvalue weighted by Crippen LogP contribution is -2.47. The summed E-state index contributed by atoms with van der Waals surface area (Å²) in [5.74, 6) is 0.121. The van der Waals surface area contributed by atoms with Crippen LogP contribution in [0.15, 0.2) is 42.5 Å². The number of thiophene rings is 1. The van der Waals surface area contributed by atoms with E-state index in [-0.39, 0.29) is 24.2 Å². The van der Waals surface area contributed by atoms with Gasteiger partial charge in [-0.3, -0.25) is 9.59 Å². The van der Waals surface area contributed by atoms with Gasteiger partial charge >= 0.3 is 0 Å². The average Bonchev–Trinajstić information content (AvgIpc) is 3.15. The van der Waals surface area contributed by atoms with Crippen molar-refractivity contribution in [2.24, 2.45) is 5.41 Å². The number of nitrogens with zero attached hydrogens (tertiary/aromatic N) is 2. The molecule has 0 saturated carbocycles. The van der Waals surface area contributed by atoms with Gasteiger partial charge in [0.05, 0.1) is 18.5 Å². The third kappa shape index (κ3) is 7.13. The van der Waals surface area contributed by atoms with E-state index in [9.17, 15) is 9.59 Å². The highest BCUT2D eigenvalue weighted by Crippen LogP contribution is 2.22. The Morgan fingerprint density at radius 2 is 1.73 bits per heavy atom. The van der Waals surface area contributed by atoms with Crippen LogP contribution in [0.5, 0.6) is 0 Å². The summed E-state index contributed by atoms with van der Waals surface area (Å²) < 4.78 is 0.